The van der Waals surface area contributed by atoms with Gasteiger partial charge in [0.05, 0.1) is 5.56 Å². The molecule has 1 atom stereocenters. The van der Waals surface area contributed by atoms with Gasteiger partial charge in [-0.15, -0.1) is 0 Å². The van der Waals surface area contributed by atoms with E-state index in [1.54, 1.807) is 0 Å². The Kier molecular flexibility index (Phi) is 3.61. The fourth-order valence-electron chi connectivity index (χ4n) is 2.02. The summed E-state index contributed by atoms with van der Waals surface area (Å²) in [7, 11) is 0. The Labute approximate surface area is 106 Å². The average Bonchev–Trinajstić information content (AvgIpc) is 2.76. The quantitative estimate of drug-likeness (QED) is 0.778. The predicted molar refractivity (Wildman–Crippen MR) is 63.4 cm³/mol. The summed E-state index contributed by atoms with van der Waals surface area (Å²) >= 11 is 3.41. The SMILES string of the molecule is FC(F)(F)c1ccc(N2CCCC2CBr)nc1. The highest BCUT2D eigenvalue weighted by atomic mass is 79.9. The number of rotatable bonds is 2. The lowest BCUT2D eigenvalue weighted by molar-refractivity contribution is -0.137. The standard InChI is InChI=1S/C11H12BrF3N2/c12-6-9-2-1-5-17(9)10-4-3-8(7-16-10)11(13,14)15/h3-4,7,9H,1-2,5-6H2. The Bertz CT molecular complexity index is 377. The molecule has 0 amide bonds. The minimum Gasteiger partial charge on any atom is -0.353 e. The van der Waals surface area contributed by atoms with Gasteiger partial charge in [-0.05, 0) is 25.0 Å². The molecule has 2 heterocycles. The summed E-state index contributed by atoms with van der Waals surface area (Å²) in [6, 6.07) is 2.87. The van der Waals surface area contributed by atoms with Crippen LogP contribution >= 0.6 is 15.9 Å². The molecule has 17 heavy (non-hydrogen) atoms. The van der Waals surface area contributed by atoms with Crippen LogP contribution < -0.4 is 4.90 Å². The Balaban J connectivity index is 2.18. The van der Waals surface area contributed by atoms with Crippen molar-refractivity contribution in [3.8, 4) is 0 Å². The molecule has 0 aromatic carbocycles. The first kappa shape index (κ1) is 12.7. The average molecular weight is 309 g/mol. The van der Waals surface area contributed by atoms with E-state index in [9.17, 15) is 13.2 Å². The van der Waals surface area contributed by atoms with Crippen LogP contribution in [0.3, 0.4) is 0 Å². The first-order chi connectivity index (χ1) is 8.02. The summed E-state index contributed by atoms with van der Waals surface area (Å²) in [5.74, 6) is 0.625. The lowest BCUT2D eigenvalue weighted by Gasteiger charge is -2.24. The second kappa shape index (κ2) is 4.84. The van der Waals surface area contributed by atoms with Crippen molar-refractivity contribution in [1.29, 1.82) is 0 Å². The van der Waals surface area contributed by atoms with E-state index in [0.717, 1.165) is 37.0 Å². The van der Waals surface area contributed by atoms with E-state index in [-0.39, 0.29) is 0 Å². The molecule has 1 fully saturated rings. The number of anilines is 1. The monoisotopic (exact) mass is 308 g/mol. The molecule has 0 aliphatic carbocycles. The number of hydrogen-bond donors (Lipinski definition) is 0. The van der Waals surface area contributed by atoms with Gasteiger partial charge in [-0.2, -0.15) is 13.2 Å². The number of aromatic nitrogens is 1. The molecule has 1 aromatic heterocycles. The molecule has 94 valence electrons. The van der Waals surface area contributed by atoms with Crippen LogP contribution in [0.5, 0.6) is 0 Å². The van der Waals surface area contributed by atoms with Crippen LogP contribution in [0.4, 0.5) is 19.0 Å². The number of nitrogens with zero attached hydrogens (tertiary/aromatic N) is 2. The van der Waals surface area contributed by atoms with Crippen molar-refractivity contribution in [1.82, 2.24) is 4.98 Å². The summed E-state index contributed by atoms with van der Waals surface area (Å²) in [5, 5.41) is 0.815. The van der Waals surface area contributed by atoms with Crippen molar-refractivity contribution >= 4 is 21.7 Å². The summed E-state index contributed by atoms with van der Waals surface area (Å²) < 4.78 is 37.1. The molecular formula is C11H12BrF3N2. The highest BCUT2D eigenvalue weighted by Gasteiger charge is 2.31. The van der Waals surface area contributed by atoms with E-state index in [0.29, 0.717) is 11.9 Å². The molecule has 2 nitrogen and oxygen atoms in total. The maximum atomic E-state index is 12.4. The zero-order valence-electron chi connectivity index (χ0n) is 9.04. The van der Waals surface area contributed by atoms with Gasteiger partial charge in [-0.3, -0.25) is 0 Å². The molecular weight excluding hydrogens is 297 g/mol. The molecule has 1 saturated heterocycles. The maximum absolute atomic E-state index is 12.4. The zero-order chi connectivity index (χ0) is 12.5. The number of pyridine rings is 1. The van der Waals surface area contributed by atoms with E-state index < -0.39 is 11.7 Å². The fourth-order valence-corrected chi connectivity index (χ4v) is 2.69. The van der Waals surface area contributed by atoms with E-state index in [2.05, 4.69) is 25.8 Å². The van der Waals surface area contributed by atoms with Gasteiger partial charge in [-0.25, -0.2) is 4.98 Å². The lowest BCUT2D eigenvalue weighted by atomic mass is 10.2. The third-order valence-electron chi connectivity index (χ3n) is 2.92. The van der Waals surface area contributed by atoms with Gasteiger partial charge in [0.15, 0.2) is 0 Å². The van der Waals surface area contributed by atoms with Crippen LogP contribution in [-0.4, -0.2) is 22.9 Å². The third-order valence-corrected chi connectivity index (χ3v) is 3.67. The summed E-state index contributed by atoms with van der Waals surface area (Å²) in [5.41, 5.74) is -0.698. The van der Waals surface area contributed by atoms with Crippen molar-refractivity contribution in [3.05, 3.63) is 23.9 Å². The normalized spacial score (nSPS) is 20.9. The van der Waals surface area contributed by atoms with Crippen LogP contribution in [-0.2, 0) is 6.18 Å². The topological polar surface area (TPSA) is 16.1 Å². The second-order valence-electron chi connectivity index (χ2n) is 4.05. The van der Waals surface area contributed by atoms with Crippen molar-refractivity contribution in [2.75, 3.05) is 16.8 Å². The van der Waals surface area contributed by atoms with Crippen molar-refractivity contribution < 1.29 is 13.2 Å². The molecule has 2 rings (SSSR count). The van der Waals surface area contributed by atoms with Crippen molar-refractivity contribution in [2.24, 2.45) is 0 Å². The fraction of sp³-hybridized carbons (Fsp3) is 0.545. The molecule has 1 aliphatic heterocycles. The zero-order valence-corrected chi connectivity index (χ0v) is 10.6. The summed E-state index contributed by atoms with van der Waals surface area (Å²) in [4.78, 5) is 5.96. The van der Waals surface area contributed by atoms with Gasteiger partial charge in [0.1, 0.15) is 5.82 Å². The molecule has 0 radical (unpaired) electrons. The van der Waals surface area contributed by atoms with Crippen LogP contribution in [0.25, 0.3) is 0 Å². The van der Waals surface area contributed by atoms with E-state index in [4.69, 9.17) is 0 Å². The molecule has 1 unspecified atom stereocenters. The Morgan fingerprint density at radius 2 is 2.18 bits per heavy atom. The molecule has 0 saturated carbocycles. The van der Waals surface area contributed by atoms with Crippen LogP contribution in [0, 0.1) is 0 Å². The molecule has 1 aliphatic rings. The minimum absolute atomic E-state index is 0.333. The third kappa shape index (κ3) is 2.73. The van der Waals surface area contributed by atoms with Crippen LogP contribution in [0.15, 0.2) is 18.3 Å². The molecule has 0 N–H and O–H groups in total. The van der Waals surface area contributed by atoms with Gasteiger partial charge >= 0.3 is 6.18 Å². The Morgan fingerprint density at radius 1 is 1.41 bits per heavy atom. The van der Waals surface area contributed by atoms with Crippen LogP contribution in [0.2, 0.25) is 0 Å². The Morgan fingerprint density at radius 3 is 2.71 bits per heavy atom. The smallest absolute Gasteiger partial charge is 0.353 e. The van der Waals surface area contributed by atoms with Crippen molar-refractivity contribution in [2.45, 2.75) is 25.1 Å². The van der Waals surface area contributed by atoms with Gasteiger partial charge in [0.25, 0.3) is 0 Å². The van der Waals surface area contributed by atoms with Gasteiger partial charge in [-0.1, -0.05) is 15.9 Å². The highest BCUT2D eigenvalue weighted by molar-refractivity contribution is 9.09. The molecule has 0 spiro atoms. The predicted octanol–water partition coefficient (Wildman–Crippen LogP) is 3.46. The largest absolute Gasteiger partial charge is 0.417 e. The molecule has 6 heteroatoms. The molecule has 1 aromatic rings. The first-order valence-corrected chi connectivity index (χ1v) is 6.50. The Hall–Kier alpha value is -0.780. The maximum Gasteiger partial charge on any atom is 0.417 e. The number of halogens is 4. The van der Waals surface area contributed by atoms with Gasteiger partial charge in [0, 0.05) is 24.1 Å². The highest BCUT2D eigenvalue weighted by Crippen LogP contribution is 2.31. The van der Waals surface area contributed by atoms with E-state index in [1.165, 1.54) is 6.07 Å². The summed E-state index contributed by atoms with van der Waals surface area (Å²) in [6.07, 6.45) is -1.31. The van der Waals surface area contributed by atoms with E-state index in [1.807, 2.05) is 0 Å². The number of alkyl halides is 4. The van der Waals surface area contributed by atoms with E-state index >= 15 is 0 Å². The van der Waals surface area contributed by atoms with Gasteiger partial charge < -0.3 is 4.90 Å². The van der Waals surface area contributed by atoms with Crippen LogP contribution in [0.1, 0.15) is 18.4 Å². The minimum atomic E-state index is -4.31. The van der Waals surface area contributed by atoms with Gasteiger partial charge in [0.2, 0.25) is 0 Å². The first-order valence-electron chi connectivity index (χ1n) is 5.38. The molecule has 0 bridgehead atoms. The second-order valence-corrected chi connectivity index (χ2v) is 4.69. The number of hydrogen-bond acceptors (Lipinski definition) is 2. The lowest BCUT2D eigenvalue weighted by Crippen LogP contribution is -2.31. The van der Waals surface area contributed by atoms with Crippen molar-refractivity contribution in [3.63, 3.8) is 0 Å². The summed E-state index contributed by atoms with van der Waals surface area (Å²) in [6.45, 7) is 0.856.